The lowest BCUT2D eigenvalue weighted by atomic mass is 9.89. The number of carbonyl (C=O) groups is 1. The second kappa shape index (κ2) is 8.84. The van der Waals surface area contributed by atoms with Crippen molar-refractivity contribution in [2.24, 2.45) is 5.92 Å². The Morgan fingerprint density at radius 1 is 1.08 bits per heavy atom. The molecule has 1 aromatic heterocycles. The molecule has 5 heteroatoms. The summed E-state index contributed by atoms with van der Waals surface area (Å²) in [5, 5.41) is 3.98. The van der Waals surface area contributed by atoms with Crippen LogP contribution in [0.15, 0.2) is 4.52 Å². The van der Waals surface area contributed by atoms with Crippen LogP contribution in [-0.4, -0.2) is 53.6 Å². The Labute approximate surface area is 151 Å². The predicted octanol–water partition coefficient (Wildman–Crippen LogP) is 3.34. The molecule has 0 aromatic carbocycles. The van der Waals surface area contributed by atoms with Crippen LogP contribution >= 0.6 is 0 Å². The van der Waals surface area contributed by atoms with Crippen LogP contribution in [-0.2, 0) is 11.2 Å². The van der Waals surface area contributed by atoms with E-state index in [0.29, 0.717) is 6.42 Å². The SMILES string of the molecule is Cc1noc(C)c1CCC(=O)N1CCCN(CC2CCCCC2)CC1. The van der Waals surface area contributed by atoms with E-state index >= 15 is 0 Å². The van der Waals surface area contributed by atoms with Crippen molar-refractivity contribution in [1.29, 1.82) is 0 Å². The highest BCUT2D eigenvalue weighted by molar-refractivity contribution is 5.76. The summed E-state index contributed by atoms with van der Waals surface area (Å²) in [6, 6.07) is 0. The Balaban J connectivity index is 1.44. The van der Waals surface area contributed by atoms with Gasteiger partial charge in [-0.2, -0.15) is 0 Å². The van der Waals surface area contributed by atoms with E-state index in [4.69, 9.17) is 4.52 Å². The molecule has 1 saturated heterocycles. The van der Waals surface area contributed by atoms with E-state index in [1.807, 2.05) is 13.8 Å². The van der Waals surface area contributed by atoms with Gasteiger partial charge in [-0.1, -0.05) is 24.4 Å². The van der Waals surface area contributed by atoms with Gasteiger partial charge in [0.25, 0.3) is 0 Å². The number of amides is 1. The maximum absolute atomic E-state index is 12.6. The van der Waals surface area contributed by atoms with E-state index in [-0.39, 0.29) is 5.91 Å². The number of hydrogen-bond donors (Lipinski definition) is 0. The van der Waals surface area contributed by atoms with Crippen LogP contribution < -0.4 is 0 Å². The maximum atomic E-state index is 12.6. The summed E-state index contributed by atoms with van der Waals surface area (Å²) in [6.07, 6.45) is 9.43. The average Bonchev–Trinajstić information content (AvgIpc) is 2.81. The van der Waals surface area contributed by atoms with Crippen LogP contribution in [0.3, 0.4) is 0 Å². The van der Waals surface area contributed by atoms with Crippen LogP contribution in [0, 0.1) is 19.8 Å². The molecule has 1 amide bonds. The van der Waals surface area contributed by atoms with Crippen molar-refractivity contribution in [3.63, 3.8) is 0 Å². The van der Waals surface area contributed by atoms with Crippen LogP contribution in [0.2, 0.25) is 0 Å². The molecule has 0 atom stereocenters. The summed E-state index contributed by atoms with van der Waals surface area (Å²) in [5.41, 5.74) is 2.02. The molecule has 3 rings (SSSR count). The summed E-state index contributed by atoms with van der Waals surface area (Å²) in [4.78, 5) is 17.3. The van der Waals surface area contributed by atoms with Crippen LogP contribution in [0.25, 0.3) is 0 Å². The van der Waals surface area contributed by atoms with Gasteiger partial charge in [0, 0.05) is 38.2 Å². The van der Waals surface area contributed by atoms with Gasteiger partial charge in [-0.25, -0.2) is 0 Å². The van der Waals surface area contributed by atoms with Crippen LogP contribution in [0.1, 0.15) is 62.0 Å². The molecule has 140 valence electrons. The standard InChI is InChI=1S/C20H33N3O2/c1-16-19(17(2)25-21-16)9-10-20(24)23-12-6-11-22(13-14-23)15-18-7-4-3-5-8-18/h18H,3-15H2,1-2H3. The Kier molecular flexibility index (Phi) is 6.51. The summed E-state index contributed by atoms with van der Waals surface area (Å²) in [6.45, 7) is 9.08. The fraction of sp³-hybridized carbons (Fsp3) is 0.800. The normalized spacial score (nSPS) is 20.6. The molecule has 0 unspecified atom stereocenters. The summed E-state index contributed by atoms with van der Waals surface area (Å²) < 4.78 is 5.20. The Morgan fingerprint density at radius 2 is 1.88 bits per heavy atom. The topological polar surface area (TPSA) is 49.6 Å². The number of aryl methyl sites for hydroxylation is 2. The zero-order chi connectivity index (χ0) is 17.6. The first-order valence-corrected chi connectivity index (χ1v) is 10.1. The van der Waals surface area contributed by atoms with Gasteiger partial charge in [0.15, 0.2) is 0 Å². The fourth-order valence-electron chi connectivity index (χ4n) is 4.39. The zero-order valence-electron chi connectivity index (χ0n) is 15.9. The molecule has 0 bridgehead atoms. The molecule has 0 N–H and O–H groups in total. The second-order valence-corrected chi connectivity index (χ2v) is 7.84. The van der Waals surface area contributed by atoms with Gasteiger partial charge < -0.3 is 14.3 Å². The van der Waals surface area contributed by atoms with Crippen molar-refractivity contribution < 1.29 is 9.32 Å². The van der Waals surface area contributed by atoms with Gasteiger partial charge >= 0.3 is 0 Å². The molecule has 2 aliphatic rings. The fourth-order valence-corrected chi connectivity index (χ4v) is 4.39. The molecule has 25 heavy (non-hydrogen) atoms. The Hall–Kier alpha value is -1.36. The van der Waals surface area contributed by atoms with Crippen LogP contribution in [0.5, 0.6) is 0 Å². The first kappa shape index (κ1) is 18.4. The van der Waals surface area contributed by atoms with Gasteiger partial charge in [-0.15, -0.1) is 0 Å². The molecule has 0 radical (unpaired) electrons. The molecule has 1 aromatic rings. The summed E-state index contributed by atoms with van der Waals surface area (Å²) in [7, 11) is 0. The van der Waals surface area contributed by atoms with Crippen molar-refractivity contribution in [3.8, 4) is 0 Å². The predicted molar refractivity (Wildman–Crippen MR) is 98.5 cm³/mol. The van der Waals surface area contributed by atoms with E-state index in [0.717, 1.165) is 62.0 Å². The molecule has 2 heterocycles. The molecule has 1 aliphatic carbocycles. The Bertz CT molecular complexity index is 544. The van der Waals surface area contributed by atoms with Crippen LogP contribution in [0.4, 0.5) is 0 Å². The highest BCUT2D eigenvalue weighted by Crippen LogP contribution is 2.25. The molecule has 2 fully saturated rings. The van der Waals surface area contributed by atoms with Crippen molar-refractivity contribution >= 4 is 5.91 Å². The molecule has 1 aliphatic heterocycles. The van der Waals surface area contributed by atoms with Crippen molar-refractivity contribution in [3.05, 3.63) is 17.0 Å². The number of rotatable bonds is 5. The number of aromatic nitrogens is 1. The van der Waals surface area contributed by atoms with Gasteiger partial charge in [0.1, 0.15) is 5.76 Å². The van der Waals surface area contributed by atoms with Gasteiger partial charge in [0.05, 0.1) is 5.69 Å². The highest BCUT2D eigenvalue weighted by Gasteiger charge is 2.22. The lowest BCUT2D eigenvalue weighted by Crippen LogP contribution is -2.37. The van der Waals surface area contributed by atoms with E-state index in [1.54, 1.807) is 0 Å². The highest BCUT2D eigenvalue weighted by atomic mass is 16.5. The average molecular weight is 348 g/mol. The van der Waals surface area contributed by atoms with E-state index in [1.165, 1.54) is 38.6 Å². The largest absolute Gasteiger partial charge is 0.361 e. The smallest absolute Gasteiger partial charge is 0.222 e. The van der Waals surface area contributed by atoms with E-state index in [9.17, 15) is 4.79 Å². The monoisotopic (exact) mass is 347 g/mol. The van der Waals surface area contributed by atoms with Crippen molar-refractivity contribution in [2.75, 3.05) is 32.7 Å². The molecule has 5 nitrogen and oxygen atoms in total. The molecular formula is C20H33N3O2. The Morgan fingerprint density at radius 3 is 2.60 bits per heavy atom. The van der Waals surface area contributed by atoms with Crippen molar-refractivity contribution in [1.82, 2.24) is 15.0 Å². The minimum Gasteiger partial charge on any atom is -0.361 e. The minimum absolute atomic E-state index is 0.277. The molecule has 0 spiro atoms. The third kappa shape index (κ3) is 5.06. The summed E-state index contributed by atoms with van der Waals surface area (Å²) in [5.74, 6) is 2.01. The number of carbonyl (C=O) groups excluding carboxylic acids is 1. The van der Waals surface area contributed by atoms with Gasteiger partial charge in [0.2, 0.25) is 5.91 Å². The third-order valence-electron chi connectivity index (χ3n) is 5.95. The number of nitrogens with zero attached hydrogens (tertiary/aromatic N) is 3. The zero-order valence-corrected chi connectivity index (χ0v) is 15.9. The van der Waals surface area contributed by atoms with E-state index in [2.05, 4.69) is 15.0 Å². The molecule has 1 saturated carbocycles. The number of hydrogen-bond acceptors (Lipinski definition) is 4. The summed E-state index contributed by atoms with van der Waals surface area (Å²) >= 11 is 0. The lowest BCUT2D eigenvalue weighted by molar-refractivity contribution is -0.131. The van der Waals surface area contributed by atoms with E-state index < -0.39 is 0 Å². The van der Waals surface area contributed by atoms with Gasteiger partial charge in [-0.3, -0.25) is 4.79 Å². The van der Waals surface area contributed by atoms with Gasteiger partial charge in [-0.05, 0) is 52.0 Å². The first-order valence-electron chi connectivity index (χ1n) is 10.1. The first-order chi connectivity index (χ1) is 12.1. The third-order valence-corrected chi connectivity index (χ3v) is 5.95. The minimum atomic E-state index is 0.277. The van der Waals surface area contributed by atoms with Crippen molar-refractivity contribution in [2.45, 2.75) is 65.2 Å². The quantitative estimate of drug-likeness (QED) is 0.820. The molecular weight excluding hydrogens is 314 g/mol. The second-order valence-electron chi connectivity index (χ2n) is 7.84. The lowest BCUT2D eigenvalue weighted by Gasteiger charge is -2.28. The maximum Gasteiger partial charge on any atom is 0.222 e.